The Kier molecular flexibility index (Phi) is 4.02. The number of carbonyl (C=O) groups is 2. The van der Waals surface area contributed by atoms with Crippen LogP contribution >= 0.6 is 0 Å². The third-order valence-electron chi connectivity index (χ3n) is 5.02. The highest BCUT2D eigenvalue weighted by atomic mass is 16.6. The highest BCUT2D eigenvalue weighted by Crippen LogP contribution is 2.30. The Morgan fingerprint density at radius 2 is 2.00 bits per heavy atom. The third-order valence-corrected chi connectivity index (χ3v) is 5.02. The number of benzene rings is 1. The first-order chi connectivity index (χ1) is 12.6. The van der Waals surface area contributed by atoms with Gasteiger partial charge in [-0.3, -0.25) is 9.89 Å². The Labute approximate surface area is 150 Å². The van der Waals surface area contributed by atoms with E-state index in [1.54, 1.807) is 18.1 Å². The van der Waals surface area contributed by atoms with Crippen LogP contribution in [0.1, 0.15) is 23.3 Å². The van der Waals surface area contributed by atoms with Crippen molar-refractivity contribution in [1.29, 1.82) is 0 Å². The smallest absolute Gasteiger partial charge is 0.407 e. The largest absolute Gasteiger partial charge is 0.497 e. The van der Waals surface area contributed by atoms with E-state index in [1.165, 1.54) is 0 Å². The van der Waals surface area contributed by atoms with Crippen molar-refractivity contribution >= 4 is 12.0 Å². The molecule has 3 heterocycles. The maximum absolute atomic E-state index is 12.7. The van der Waals surface area contributed by atoms with Gasteiger partial charge in [-0.15, -0.1) is 0 Å². The van der Waals surface area contributed by atoms with Crippen molar-refractivity contribution in [3.63, 3.8) is 0 Å². The number of aromatic nitrogens is 2. The molecule has 2 aliphatic rings. The van der Waals surface area contributed by atoms with Gasteiger partial charge in [0.1, 0.15) is 17.0 Å². The number of hydrogen-bond acceptors (Lipinski definition) is 5. The van der Waals surface area contributed by atoms with Gasteiger partial charge in [0.05, 0.1) is 19.3 Å². The van der Waals surface area contributed by atoms with Crippen molar-refractivity contribution < 1.29 is 19.1 Å². The monoisotopic (exact) mass is 356 g/mol. The Bertz CT molecular complexity index is 822. The van der Waals surface area contributed by atoms with Crippen LogP contribution in [0.3, 0.4) is 0 Å². The van der Waals surface area contributed by atoms with E-state index in [9.17, 15) is 9.59 Å². The Balaban J connectivity index is 1.43. The maximum Gasteiger partial charge on any atom is 0.407 e. The molecule has 2 saturated heterocycles. The number of piperidine rings is 1. The molecule has 0 saturated carbocycles. The van der Waals surface area contributed by atoms with E-state index < -0.39 is 5.60 Å². The number of nitrogens with one attached hydrogen (secondary N) is 2. The Morgan fingerprint density at radius 3 is 2.62 bits per heavy atom. The Hall–Kier alpha value is -3.03. The molecule has 26 heavy (non-hydrogen) atoms. The Morgan fingerprint density at radius 1 is 1.27 bits per heavy atom. The van der Waals surface area contributed by atoms with Crippen LogP contribution in [0, 0.1) is 0 Å². The van der Waals surface area contributed by atoms with Crippen molar-refractivity contribution in [3.8, 4) is 17.0 Å². The zero-order valence-electron chi connectivity index (χ0n) is 14.4. The molecule has 0 aliphatic carbocycles. The molecule has 2 fully saturated rings. The molecular weight excluding hydrogens is 336 g/mol. The molecule has 2 N–H and O–H groups in total. The third kappa shape index (κ3) is 2.98. The molecule has 0 bridgehead atoms. The summed E-state index contributed by atoms with van der Waals surface area (Å²) < 4.78 is 10.5. The molecule has 0 atom stereocenters. The number of H-pyrrole nitrogens is 1. The number of likely N-dealkylation sites (tertiary alicyclic amines) is 1. The zero-order valence-corrected chi connectivity index (χ0v) is 14.4. The molecule has 8 nitrogen and oxygen atoms in total. The van der Waals surface area contributed by atoms with E-state index in [1.807, 2.05) is 24.3 Å². The van der Waals surface area contributed by atoms with Crippen molar-refractivity contribution in [1.82, 2.24) is 20.4 Å². The van der Waals surface area contributed by atoms with Crippen LogP contribution in [0.25, 0.3) is 11.3 Å². The minimum Gasteiger partial charge on any atom is -0.497 e. The minimum absolute atomic E-state index is 0.0932. The standard InChI is InChI=1S/C18H20N4O4/c1-25-13-4-2-12(3-5-13)14-10-15(21-20-14)16(23)22-8-6-18(7-9-22)11-19-17(24)26-18/h2-5,10H,6-9,11H2,1H3,(H,19,24)(H,20,21). The van der Waals surface area contributed by atoms with Crippen LogP contribution in [0.2, 0.25) is 0 Å². The number of alkyl carbamates (subject to hydrolysis) is 1. The van der Waals surface area contributed by atoms with E-state index in [2.05, 4.69) is 15.5 Å². The summed E-state index contributed by atoms with van der Waals surface area (Å²) in [4.78, 5) is 25.8. The first kappa shape index (κ1) is 16.4. The van der Waals surface area contributed by atoms with Crippen LogP contribution in [0.5, 0.6) is 5.75 Å². The number of amides is 2. The van der Waals surface area contributed by atoms with E-state index in [4.69, 9.17) is 9.47 Å². The van der Waals surface area contributed by atoms with Crippen LogP contribution in [0.15, 0.2) is 30.3 Å². The number of aromatic amines is 1. The average molecular weight is 356 g/mol. The highest BCUT2D eigenvalue weighted by molar-refractivity contribution is 5.93. The lowest BCUT2D eigenvalue weighted by atomic mass is 9.91. The fourth-order valence-electron chi connectivity index (χ4n) is 3.41. The summed E-state index contributed by atoms with van der Waals surface area (Å²) in [5, 5.41) is 9.77. The van der Waals surface area contributed by atoms with E-state index in [0.717, 1.165) is 11.3 Å². The van der Waals surface area contributed by atoms with Gasteiger partial charge in [0.2, 0.25) is 0 Å². The molecule has 1 spiro atoms. The minimum atomic E-state index is -0.462. The summed E-state index contributed by atoms with van der Waals surface area (Å²) in [6.45, 7) is 1.61. The lowest BCUT2D eigenvalue weighted by Gasteiger charge is -2.36. The molecule has 0 radical (unpaired) electrons. The van der Waals surface area contributed by atoms with Crippen molar-refractivity contribution in [2.45, 2.75) is 18.4 Å². The lowest BCUT2D eigenvalue weighted by Crippen LogP contribution is -2.48. The fraction of sp³-hybridized carbons (Fsp3) is 0.389. The number of ether oxygens (including phenoxy) is 2. The normalized spacial score (nSPS) is 18.5. The summed E-state index contributed by atoms with van der Waals surface area (Å²) in [5.74, 6) is 0.675. The number of nitrogens with zero attached hydrogens (tertiary/aromatic N) is 2. The summed E-state index contributed by atoms with van der Waals surface area (Å²) in [6, 6.07) is 9.26. The molecule has 0 unspecified atom stereocenters. The highest BCUT2D eigenvalue weighted by Gasteiger charge is 2.43. The molecule has 2 amide bonds. The number of methoxy groups -OCH3 is 1. The van der Waals surface area contributed by atoms with Gasteiger partial charge < -0.3 is 19.7 Å². The lowest BCUT2D eigenvalue weighted by molar-refractivity contribution is 0.00314. The van der Waals surface area contributed by atoms with Gasteiger partial charge in [-0.25, -0.2) is 4.79 Å². The second kappa shape index (κ2) is 6.36. The maximum atomic E-state index is 12.7. The predicted octanol–water partition coefficient (Wildman–Crippen LogP) is 1.80. The van der Waals surface area contributed by atoms with Crippen LogP contribution in [0.4, 0.5) is 4.79 Å². The van der Waals surface area contributed by atoms with Crippen LogP contribution < -0.4 is 10.1 Å². The van der Waals surface area contributed by atoms with Crippen molar-refractivity contribution in [2.24, 2.45) is 0 Å². The summed E-state index contributed by atoms with van der Waals surface area (Å²) in [5.41, 5.74) is 1.60. The molecule has 4 rings (SSSR count). The summed E-state index contributed by atoms with van der Waals surface area (Å²) >= 11 is 0. The van der Waals surface area contributed by atoms with Crippen LogP contribution in [-0.4, -0.2) is 59.4 Å². The average Bonchev–Trinajstić information content (AvgIpc) is 3.30. The topological polar surface area (TPSA) is 96.5 Å². The summed E-state index contributed by atoms with van der Waals surface area (Å²) in [7, 11) is 1.62. The first-order valence-electron chi connectivity index (χ1n) is 8.55. The number of hydrogen-bond donors (Lipinski definition) is 2. The van der Waals surface area contributed by atoms with E-state index in [-0.39, 0.29) is 12.0 Å². The molecule has 2 aliphatic heterocycles. The molecule has 136 valence electrons. The number of carbonyl (C=O) groups excluding carboxylic acids is 2. The number of rotatable bonds is 3. The SMILES string of the molecule is COc1ccc(-c2cc(C(=O)N3CCC4(CC3)CNC(=O)O4)[nH]n2)cc1. The van der Waals surface area contributed by atoms with Crippen molar-refractivity contribution in [2.75, 3.05) is 26.7 Å². The van der Waals surface area contributed by atoms with E-state index >= 15 is 0 Å². The van der Waals surface area contributed by atoms with Gasteiger partial charge in [-0.1, -0.05) is 0 Å². The first-order valence-corrected chi connectivity index (χ1v) is 8.55. The van der Waals surface area contributed by atoms with Gasteiger partial charge in [0.15, 0.2) is 0 Å². The predicted molar refractivity (Wildman–Crippen MR) is 92.9 cm³/mol. The second-order valence-corrected chi connectivity index (χ2v) is 6.61. The van der Waals surface area contributed by atoms with Gasteiger partial charge >= 0.3 is 6.09 Å². The zero-order chi connectivity index (χ0) is 18.1. The second-order valence-electron chi connectivity index (χ2n) is 6.61. The molecule has 2 aromatic rings. The fourth-order valence-corrected chi connectivity index (χ4v) is 3.41. The van der Waals surface area contributed by atoms with Crippen molar-refractivity contribution in [3.05, 3.63) is 36.0 Å². The van der Waals surface area contributed by atoms with E-state index in [0.29, 0.717) is 43.9 Å². The molecular formula is C18H20N4O4. The van der Waals surface area contributed by atoms with Gasteiger partial charge in [0, 0.05) is 31.5 Å². The molecule has 1 aromatic heterocycles. The van der Waals surface area contributed by atoms with Crippen LogP contribution in [-0.2, 0) is 4.74 Å². The van der Waals surface area contributed by atoms with Gasteiger partial charge in [-0.05, 0) is 30.3 Å². The molecule has 8 heteroatoms. The molecule has 1 aromatic carbocycles. The van der Waals surface area contributed by atoms with Gasteiger partial charge in [-0.2, -0.15) is 5.10 Å². The van der Waals surface area contributed by atoms with Gasteiger partial charge in [0.25, 0.3) is 5.91 Å². The summed E-state index contributed by atoms with van der Waals surface area (Å²) in [6.07, 6.45) is 0.899. The quantitative estimate of drug-likeness (QED) is 0.874.